The fraction of sp³-hybridized carbons (Fsp3) is 0.500. The molecule has 11 heteroatoms. The van der Waals surface area contributed by atoms with Gasteiger partial charge in [-0.2, -0.15) is 0 Å². The Morgan fingerprint density at radius 3 is 2.71 bits per heavy atom. The molecule has 0 spiro atoms. The van der Waals surface area contributed by atoms with Crippen LogP contribution < -0.4 is 15.4 Å². The van der Waals surface area contributed by atoms with Crippen molar-refractivity contribution in [3.05, 3.63) is 42.0 Å². The van der Waals surface area contributed by atoms with Crippen LogP contribution in [-0.2, 0) is 34.2 Å². The first-order valence-electron chi connectivity index (χ1n) is 12.2. The molecule has 1 fully saturated rings. The quantitative estimate of drug-likeness (QED) is 0.530. The highest BCUT2D eigenvalue weighted by Crippen LogP contribution is 2.29. The van der Waals surface area contributed by atoms with Gasteiger partial charge in [-0.1, -0.05) is 18.6 Å². The summed E-state index contributed by atoms with van der Waals surface area (Å²) in [4.78, 5) is 29.2. The molecule has 10 nitrogen and oxygen atoms in total. The summed E-state index contributed by atoms with van der Waals surface area (Å²) in [5.41, 5.74) is 2.67. The molecule has 0 saturated carbocycles. The second-order valence-corrected chi connectivity index (χ2v) is 10.9. The van der Waals surface area contributed by atoms with Crippen molar-refractivity contribution in [3.63, 3.8) is 0 Å². The number of anilines is 1. The van der Waals surface area contributed by atoms with Gasteiger partial charge in [-0.15, -0.1) is 0 Å². The summed E-state index contributed by atoms with van der Waals surface area (Å²) in [6.45, 7) is 2.87. The number of carbonyl (C=O) groups excluding carboxylic acids is 1. The van der Waals surface area contributed by atoms with Gasteiger partial charge in [-0.05, 0) is 49.8 Å². The van der Waals surface area contributed by atoms with E-state index in [4.69, 9.17) is 10.1 Å². The summed E-state index contributed by atoms with van der Waals surface area (Å²) >= 11 is 0. The molecule has 1 amide bonds. The van der Waals surface area contributed by atoms with Crippen LogP contribution in [0.15, 0.2) is 35.5 Å². The summed E-state index contributed by atoms with van der Waals surface area (Å²) in [6.07, 6.45) is 8.43. The number of rotatable bonds is 6. The predicted octanol–water partition coefficient (Wildman–Crippen LogP) is 1.78. The molecule has 1 saturated heterocycles. The first-order chi connectivity index (χ1) is 16.9. The number of sulfonamides is 1. The first-order valence-corrected chi connectivity index (χ1v) is 13.8. The lowest BCUT2D eigenvalue weighted by Gasteiger charge is -2.32. The molecule has 5 rings (SSSR count). The van der Waals surface area contributed by atoms with E-state index in [-0.39, 0.29) is 16.7 Å². The fourth-order valence-electron chi connectivity index (χ4n) is 5.06. The zero-order valence-electron chi connectivity index (χ0n) is 19.7. The third kappa shape index (κ3) is 5.15. The van der Waals surface area contributed by atoms with Gasteiger partial charge < -0.3 is 14.8 Å². The molecule has 186 valence electrons. The number of aryl methyl sites for hydroxylation is 2. The molecule has 3 aromatic rings. The summed E-state index contributed by atoms with van der Waals surface area (Å²) in [5, 5.41) is 8.18. The minimum absolute atomic E-state index is 0.0294. The number of fused-ring (bicyclic) bond motifs is 3. The molecule has 2 aliphatic rings. The zero-order chi connectivity index (χ0) is 24.4. The van der Waals surface area contributed by atoms with Crippen LogP contribution in [0.2, 0.25) is 0 Å². The van der Waals surface area contributed by atoms with E-state index in [0.29, 0.717) is 19.5 Å². The smallest absolute Gasteiger partial charge is 0.238 e. The van der Waals surface area contributed by atoms with Gasteiger partial charge in [-0.25, -0.2) is 28.5 Å². The number of hydrogen-bond acceptors (Lipinski definition) is 7. The standard InChI is InChI=1S/C24H31N7O3S/c25-35(33,34)19-9-7-17(8-10-19)11-12-26-24(32)18-5-4-13-30(15-18)22-21-23(28-16-27-22)31-14-3-1-2-6-20(31)29-21/h7-10,16,18H,1-6,11-15H2,(H,26,32)(H2,25,33,34). The van der Waals surface area contributed by atoms with Crippen LogP contribution in [0, 0.1) is 5.92 Å². The third-order valence-corrected chi connectivity index (χ3v) is 7.86. The van der Waals surface area contributed by atoms with Crippen molar-refractivity contribution in [2.75, 3.05) is 24.5 Å². The van der Waals surface area contributed by atoms with Crippen molar-refractivity contribution in [2.24, 2.45) is 11.1 Å². The Labute approximate surface area is 205 Å². The van der Waals surface area contributed by atoms with Crippen molar-refractivity contribution < 1.29 is 13.2 Å². The van der Waals surface area contributed by atoms with E-state index in [2.05, 4.69) is 24.8 Å². The van der Waals surface area contributed by atoms with Crippen LogP contribution in [0.5, 0.6) is 0 Å². The molecule has 1 aromatic carbocycles. The molecule has 4 heterocycles. The van der Waals surface area contributed by atoms with Crippen LogP contribution in [0.4, 0.5) is 5.82 Å². The number of benzene rings is 1. The summed E-state index contributed by atoms with van der Waals surface area (Å²) in [5.74, 6) is 1.81. The van der Waals surface area contributed by atoms with E-state index in [0.717, 1.165) is 73.6 Å². The van der Waals surface area contributed by atoms with Crippen molar-refractivity contribution in [1.29, 1.82) is 0 Å². The molecule has 2 aliphatic heterocycles. The maximum atomic E-state index is 12.9. The SMILES string of the molecule is NS(=O)(=O)c1ccc(CCNC(=O)C2CCCN(c3ncnc4c3nc3n4CCCCC3)C2)cc1. The van der Waals surface area contributed by atoms with Gasteiger partial charge >= 0.3 is 0 Å². The predicted molar refractivity (Wildman–Crippen MR) is 132 cm³/mol. The van der Waals surface area contributed by atoms with Gasteiger partial charge in [0.2, 0.25) is 15.9 Å². The van der Waals surface area contributed by atoms with Gasteiger partial charge in [0.15, 0.2) is 17.0 Å². The molecule has 1 atom stereocenters. The Hall–Kier alpha value is -3.05. The zero-order valence-corrected chi connectivity index (χ0v) is 20.5. The highest BCUT2D eigenvalue weighted by Gasteiger charge is 2.29. The largest absolute Gasteiger partial charge is 0.355 e. The van der Waals surface area contributed by atoms with E-state index in [1.165, 1.54) is 18.6 Å². The van der Waals surface area contributed by atoms with Crippen LogP contribution in [0.1, 0.15) is 43.5 Å². The Bertz CT molecular complexity index is 1320. The van der Waals surface area contributed by atoms with Gasteiger partial charge in [0, 0.05) is 32.6 Å². The molecule has 3 N–H and O–H groups in total. The monoisotopic (exact) mass is 497 g/mol. The van der Waals surface area contributed by atoms with Crippen molar-refractivity contribution in [3.8, 4) is 0 Å². The van der Waals surface area contributed by atoms with E-state index < -0.39 is 10.0 Å². The fourth-order valence-corrected chi connectivity index (χ4v) is 5.58. The number of aromatic nitrogens is 4. The highest BCUT2D eigenvalue weighted by molar-refractivity contribution is 7.89. The number of nitrogens with one attached hydrogen (secondary N) is 1. The molecular weight excluding hydrogens is 466 g/mol. The van der Waals surface area contributed by atoms with Crippen LogP contribution >= 0.6 is 0 Å². The van der Waals surface area contributed by atoms with E-state index >= 15 is 0 Å². The topological polar surface area (TPSA) is 136 Å². The molecule has 1 unspecified atom stereocenters. The van der Waals surface area contributed by atoms with Crippen molar-refractivity contribution >= 4 is 32.9 Å². The van der Waals surface area contributed by atoms with Gasteiger partial charge in [0.1, 0.15) is 12.2 Å². The highest BCUT2D eigenvalue weighted by atomic mass is 32.2. The molecular formula is C24H31N7O3S. The summed E-state index contributed by atoms with van der Waals surface area (Å²) in [7, 11) is -3.70. The Morgan fingerprint density at radius 1 is 1.09 bits per heavy atom. The number of piperidine rings is 1. The number of imidazole rings is 1. The number of hydrogen-bond donors (Lipinski definition) is 2. The number of carbonyl (C=O) groups is 1. The average Bonchev–Trinajstić information content (AvgIpc) is 3.04. The Morgan fingerprint density at radius 2 is 1.91 bits per heavy atom. The van der Waals surface area contributed by atoms with Crippen LogP contribution in [-0.4, -0.2) is 53.5 Å². The number of nitrogens with zero attached hydrogens (tertiary/aromatic N) is 5. The Kier molecular flexibility index (Phi) is 6.70. The normalized spacial score (nSPS) is 18.8. The molecule has 0 aliphatic carbocycles. The minimum atomic E-state index is -3.70. The molecule has 35 heavy (non-hydrogen) atoms. The van der Waals surface area contributed by atoms with Gasteiger partial charge in [0.05, 0.1) is 10.8 Å². The van der Waals surface area contributed by atoms with Gasteiger partial charge in [0.25, 0.3) is 0 Å². The third-order valence-electron chi connectivity index (χ3n) is 6.93. The van der Waals surface area contributed by atoms with E-state index in [1.54, 1.807) is 18.5 Å². The maximum Gasteiger partial charge on any atom is 0.238 e. The first kappa shape index (κ1) is 23.7. The average molecular weight is 498 g/mol. The van der Waals surface area contributed by atoms with Gasteiger partial charge in [-0.3, -0.25) is 4.79 Å². The van der Waals surface area contributed by atoms with Crippen LogP contribution in [0.25, 0.3) is 11.2 Å². The minimum Gasteiger partial charge on any atom is -0.355 e. The molecule has 0 radical (unpaired) electrons. The molecule has 0 bridgehead atoms. The lowest BCUT2D eigenvalue weighted by atomic mass is 9.97. The summed E-state index contributed by atoms with van der Waals surface area (Å²) in [6, 6.07) is 6.43. The Balaban J connectivity index is 1.22. The summed E-state index contributed by atoms with van der Waals surface area (Å²) < 4.78 is 25.0. The lowest BCUT2D eigenvalue weighted by molar-refractivity contribution is -0.125. The number of amides is 1. The van der Waals surface area contributed by atoms with Crippen molar-refractivity contribution in [1.82, 2.24) is 24.8 Å². The number of primary sulfonamides is 1. The lowest BCUT2D eigenvalue weighted by Crippen LogP contribution is -2.44. The second kappa shape index (κ2) is 9.90. The van der Waals surface area contributed by atoms with Crippen molar-refractivity contribution in [2.45, 2.75) is 56.4 Å². The number of nitrogens with two attached hydrogens (primary N) is 1. The van der Waals surface area contributed by atoms with E-state index in [1.807, 2.05) is 0 Å². The van der Waals surface area contributed by atoms with E-state index in [9.17, 15) is 13.2 Å². The van der Waals surface area contributed by atoms with Crippen LogP contribution in [0.3, 0.4) is 0 Å². The second-order valence-electron chi connectivity index (χ2n) is 9.37. The molecule has 2 aromatic heterocycles. The maximum absolute atomic E-state index is 12.9.